The smallest absolute Gasteiger partial charge is 0.207 e. The van der Waals surface area contributed by atoms with Crippen molar-refractivity contribution in [3.8, 4) is 0 Å². The van der Waals surface area contributed by atoms with Crippen LogP contribution < -0.4 is 0 Å². The second-order valence-corrected chi connectivity index (χ2v) is 8.09. The van der Waals surface area contributed by atoms with Gasteiger partial charge in [-0.05, 0) is 43.2 Å². The lowest BCUT2D eigenvalue weighted by Gasteiger charge is -2.19. The van der Waals surface area contributed by atoms with Gasteiger partial charge in [-0.25, -0.2) is 8.42 Å². The van der Waals surface area contributed by atoms with Crippen LogP contribution in [0.15, 0.2) is 51.8 Å². The number of benzene rings is 2. The Morgan fingerprint density at radius 3 is 2.43 bits per heavy atom. The summed E-state index contributed by atoms with van der Waals surface area (Å²) in [7, 11) is -1.87. The lowest BCUT2D eigenvalue weighted by molar-refractivity contribution is 0.466. The lowest BCUT2D eigenvalue weighted by Crippen LogP contribution is -2.27. The molecular formula is C16H18BrNO2S. The molecule has 0 atom stereocenters. The Morgan fingerprint density at radius 1 is 1.10 bits per heavy atom. The van der Waals surface area contributed by atoms with Gasteiger partial charge in [0, 0.05) is 18.1 Å². The Hall–Kier alpha value is -1.17. The fraction of sp³-hybridized carbons (Fsp3) is 0.250. The van der Waals surface area contributed by atoms with E-state index >= 15 is 0 Å². The molecule has 0 unspecified atom stereocenters. The highest BCUT2D eigenvalue weighted by molar-refractivity contribution is 9.10. The summed E-state index contributed by atoms with van der Waals surface area (Å²) in [5.41, 5.74) is 2.78. The van der Waals surface area contributed by atoms with Gasteiger partial charge >= 0.3 is 0 Å². The highest BCUT2D eigenvalue weighted by Crippen LogP contribution is 2.22. The standard InChI is InChI=1S/C16H18BrNO2S/c1-12-7-8-16(13(2)9-12)21(19,20)18(3)11-14-5-4-6-15(17)10-14/h4-10H,11H2,1-3H3. The van der Waals surface area contributed by atoms with Crippen molar-refractivity contribution >= 4 is 26.0 Å². The van der Waals surface area contributed by atoms with Crippen molar-refractivity contribution in [2.45, 2.75) is 25.3 Å². The summed E-state index contributed by atoms with van der Waals surface area (Å²) in [6.45, 7) is 4.12. The number of sulfonamides is 1. The average molecular weight is 368 g/mol. The van der Waals surface area contributed by atoms with Gasteiger partial charge in [-0.3, -0.25) is 0 Å². The van der Waals surface area contributed by atoms with E-state index in [0.717, 1.165) is 21.2 Å². The van der Waals surface area contributed by atoms with Gasteiger partial charge in [0.15, 0.2) is 0 Å². The molecule has 0 spiro atoms. The molecule has 0 saturated heterocycles. The first-order valence-corrected chi connectivity index (χ1v) is 8.82. The van der Waals surface area contributed by atoms with Crippen LogP contribution in [0.4, 0.5) is 0 Å². The molecule has 0 aliphatic rings. The van der Waals surface area contributed by atoms with Crippen molar-refractivity contribution in [1.29, 1.82) is 0 Å². The van der Waals surface area contributed by atoms with Crippen molar-refractivity contribution in [2.24, 2.45) is 0 Å². The Kier molecular flexibility index (Phi) is 4.86. The quantitative estimate of drug-likeness (QED) is 0.821. The second-order valence-electron chi connectivity index (χ2n) is 5.16. The third-order valence-corrected chi connectivity index (χ3v) is 5.77. The molecule has 2 aromatic rings. The molecule has 2 rings (SSSR count). The molecule has 0 heterocycles. The van der Waals surface area contributed by atoms with Crippen LogP contribution in [0.3, 0.4) is 0 Å². The summed E-state index contributed by atoms with van der Waals surface area (Å²) < 4.78 is 27.7. The maximum Gasteiger partial charge on any atom is 0.243 e. The minimum atomic E-state index is -3.48. The molecule has 0 amide bonds. The monoisotopic (exact) mass is 367 g/mol. The molecule has 0 aliphatic heterocycles. The molecule has 0 radical (unpaired) electrons. The number of rotatable bonds is 4. The van der Waals surface area contributed by atoms with E-state index in [2.05, 4.69) is 15.9 Å². The Morgan fingerprint density at radius 2 is 1.81 bits per heavy atom. The zero-order valence-electron chi connectivity index (χ0n) is 12.3. The third-order valence-electron chi connectivity index (χ3n) is 3.31. The van der Waals surface area contributed by atoms with E-state index in [1.54, 1.807) is 13.1 Å². The number of nitrogens with zero attached hydrogens (tertiary/aromatic N) is 1. The van der Waals surface area contributed by atoms with Crippen molar-refractivity contribution in [3.05, 3.63) is 63.6 Å². The van der Waals surface area contributed by atoms with Gasteiger partial charge in [-0.2, -0.15) is 4.31 Å². The molecular weight excluding hydrogens is 350 g/mol. The first kappa shape index (κ1) is 16.2. The van der Waals surface area contributed by atoms with Crippen molar-refractivity contribution < 1.29 is 8.42 Å². The zero-order chi connectivity index (χ0) is 15.6. The highest BCUT2D eigenvalue weighted by Gasteiger charge is 2.22. The van der Waals surface area contributed by atoms with Crippen molar-refractivity contribution in [3.63, 3.8) is 0 Å². The number of hydrogen-bond donors (Lipinski definition) is 0. The van der Waals surface area contributed by atoms with Gasteiger partial charge in [-0.1, -0.05) is 45.8 Å². The largest absolute Gasteiger partial charge is 0.243 e. The maximum absolute atomic E-state index is 12.7. The van der Waals surface area contributed by atoms with Crippen LogP contribution in [0.25, 0.3) is 0 Å². The SMILES string of the molecule is Cc1ccc(S(=O)(=O)N(C)Cc2cccc(Br)c2)c(C)c1. The predicted molar refractivity (Wildman–Crippen MR) is 88.7 cm³/mol. The van der Waals surface area contributed by atoms with Crippen molar-refractivity contribution in [2.75, 3.05) is 7.05 Å². The fourth-order valence-electron chi connectivity index (χ4n) is 2.23. The second kappa shape index (κ2) is 6.30. The van der Waals surface area contributed by atoms with E-state index in [-0.39, 0.29) is 0 Å². The molecule has 0 N–H and O–H groups in total. The Labute approximate surface area is 134 Å². The Balaban J connectivity index is 2.30. The fourth-order valence-corrected chi connectivity index (χ4v) is 4.04. The van der Waals surface area contributed by atoms with Crippen LogP contribution in [0.5, 0.6) is 0 Å². The van der Waals surface area contributed by atoms with E-state index in [0.29, 0.717) is 11.4 Å². The highest BCUT2D eigenvalue weighted by atomic mass is 79.9. The molecule has 0 fully saturated rings. The van der Waals surface area contributed by atoms with Gasteiger partial charge in [-0.15, -0.1) is 0 Å². The van der Waals surface area contributed by atoms with E-state index in [9.17, 15) is 8.42 Å². The van der Waals surface area contributed by atoms with E-state index in [1.165, 1.54) is 4.31 Å². The van der Waals surface area contributed by atoms with Crippen LogP contribution in [0.1, 0.15) is 16.7 Å². The molecule has 3 nitrogen and oxygen atoms in total. The summed E-state index contributed by atoms with van der Waals surface area (Å²) in [4.78, 5) is 0.366. The minimum Gasteiger partial charge on any atom is -0.207 e. The van der Waals surface area contributed by atoms with Gasteiger partial charge < -0.3 is 0 Å². The molecule has 112 valence electrons. The van der Waals surface area contributed by atoms with Gasteiger partial charge in [0.2, 0.25) is 10.0 Å². The first-order valence-electron chi connectivity index (χ1n) is 6.59. The number of aryl methyl sites for hydroxylation is 2. The third kappa shape index (κ3) is 3.73. The molecule has 21 heavy (non-hydrogen) atoms. The topological polar surface area (TPSA) is 37.4 Å². The van der Waals surface area contributed by atoms with Crippen molar-refractivity contribution in [1.82, 2.24) is 4.31 Å². The normalized spacial score (nSPS) is 11.9. The van der Waals surface area contributed by atoms with Crippen LogP contribution in [0.2, 0.25) is 0 Å². The molecule has 0 aliphatic carbocycles. The van der Waals surface area contributed by atoms with Crippen LogP contribution in [0, 0.1) is 13.8 Å². The van der Waals surface area contributed by atoms with Gasteiger partial charge in [0.25, 0.3) is 0 Å². The summed E-state index contributed by atoms with van der Waals surface area (Å²) in [6.07, 6.45) is 0. The molecule has 2 aromatic carbocycles. The van der Waals surface area contributed by atoms with E-state index in [1.807, 2.05) is 50.2 Å². The summed E-state index contributed by atoms with van der Waals surface area (Å²) in [5, 5.41) is 0. The maximum atomic E-state index is 12.7. The lowest BCUT2D eigenvalue weighted by atomic mass is 10.2. The average Bonchev–Trinajstić information content (AvgIpc) is 2.38. The van der Waals surface area contributed by atoms with Crippen LogP contribution >= 0.6 is 15.9 Å². The summed E-state index contributed by atoms with van der Waals surface area (Å²) in [6, 6.07) is 13.1. The number of halogens is 1. The number of hydrogen-bond acceptors (Lipinski definition) is 2. The predicted octanol–water partition coefficient (Wildman–Crippen LogP) is 3.89. The molecule has 0 saturated carbocycles. The minimum absolute atomic E-state index is 0.342. The van der Waals surface area contributed by atoms with E-state index < -0.39 is 10.0 Å². The summed E-state index contributed by atoms with van der Waals surface area (Å²) in [5.74, 6) is 0. The van der Waals surface area contributed by atoms with Crippen LogP contribution in [-0.4, -0.2) is 19.8 Å². The molecule has 5 heteroatoms. The Bertz CT molecular complexity index is 757. The molecule has 0 bridgehead atoms. The van der Waals surface area contributed by atoms with Gasteiger partial charge in [0.1, 0.15) is 0 Å². The first-order chi connectivity index (χ1) is 9.80. The van der Waals surface area contributed by atoms with E-state index in [4.69, 9.17) is 0 Å². The zero-order valence-corrected chi connectivity index (χ0v) is 14.7. The van der Waals surface area contributed by atoms with Crippen LogP contribution in [-0.2, 0) is 16.6 Å². The molecule has 0 aromatic heterocycles. The summed E-state index contributed by atoms with van der Waals surface area (Å²) >= 11 is 3.40. The van der Waals surface area contributed by atoms with Gasteiger partial charge in [0.05, 0.1) is 4.90 Å².